The first-order valence-corrected chi connectivity index (χ1v) is 7.18. The Morgan fingerprint density at radius 3 is 2.50 bits per heavy atom. The van der Waals surface area contributed by atoms with E-state index in [0.29, 0.717) is 21.0 Å². The number of hydrogen-bond acceptors (Lipinski definition) is 2. The van der Waals surface area contributed by atoms with Crippen LogP contribution in [0.2, 0.25) is 10.0 Å². The highest BCUT2D eigenvalue weighted by atomic mass is 35.5. The molecule has 0 atom stereocenters. The molecular weight excluding hydrogens is 287 g/mol. The second kappa shape index (κ2) is 6.20. The Hall–Kier alpha value is -0.350. The molecule has 0 aromatic heterocycles. The normalized spacial score (nSPS) is 17.9. The first-order valence-electron chi connectivity index (χ1n) is 6.02. The smallest absolute Gasteiger partial charge is 0.0759 e. The Morgan fingerprint density at radius 1 is 1.28 bits per heavy atom. The number of hydrogen-bond donors (Lipinski definition) is 1. The third-order valence-electron chi connectivity index (χ3n) is 3.38. The molecule has 98 valence electrons. The molecule has 0 radical (unpaired) electrons. The molecule has 1 aliphatic rings. The highest BCUT2D eigenvalue weighted by Crippen LogP contribution is 2.24. The van der Waals surface area contributed by atoms with Crippen molar-refractivity contribution in [3.63, 3.8) is 0 Å². The summed E-state index contributed by atoms with van der Waals surface area (Å²) in [7, 11) is 0. The molecule has 2 nitrogen and oxygen atoms in total. The number of nitrogens with two attached hydrogens (primary N) is 1. The van der Waals surface area contributed by atoms with Crippen LogP contribution < -0.4 is 5.73 Å². The lowest BCUT2D eigenvalue weighted by atomic mass is 9.96. The van der Waals surface area contributed by atoms with E-state index >= 15 is 0 Å². The zero-order chi connectivity index (χ0) is 13.1. The largest absolute Gasteiger partial charge is 0.393 e. The van der Waals surface area contributed by atoms with Gasteiger partial charge in [0.05, 0.1) is 15.0 Å². The highest BCUT2D eigenvalue weighted by molar-refractivity contribution is 7.80. The van der Waals surface area contributed by atoms with Crippen LogP contribution in [0.3, 0.4) is 0 Å². The van der Waals surface area contributed by atoms with Crippen LogP contribution in [0.5, 0.6) is 0 Å². The minimum absolute atomic E-state index is 0.407. The molecule has 0 amide bonds. The van der Waals surface area contributed by atoms with Crippen molar-refractivity contribution in [2.45, 2.75) is 19.4 Å². The van der Waals surface area contributed by atoms with E-state index < -0.39 is 0 Å². The van der Waals surface area contributed by atoms with Gasteiger partial charge in [-0.2, -0.15) is 0 Å². The van der Waals surface area contributed by atoms with E-state index in [1.165, 1.54) is 5.56 Å². The average molecular weight is 303 g/mol. The van der Waals surface area contributed by atoms with Crippen molar-refractivity contribution in [1.82, 2.24) is 4.90 Å². The molecule has 1 fully saturated rings. The number of halogens is 2. The van der Waals surface area contributed by atoms with Gasteiger partial charge in [-0.05, 0) is 43.6 Å². The number of rotatable bonds is 3. The van der Waals surface area contributed by atoms with Gasteiger partial charge in [0.25, 0.3) is 0 Å². The summed E-state index contributed by atoms with van der Waals surface area (Å²) in [6.07, 6.45) is 2.10. The summed E-state index contributed by atoms with van der Waals surface area (Å²) in [6, 6.07) is 5.80. The van der Waals surface area contributed by atoms with Gasteiger partial charge in [-0.25, -0.2) is 0 Å². The van der Waals surface area contributed by atoms with Gasteiger partial charge in [-0.1, -0.05) is 41.5 Å². The fourth-order valence-corrected chi connectivity index (χ4v) is 2.83. The van der Waals surface area contributed by atoms with Gasteiger partial charge in [0.1, 0.15) is 0 Å². The molecule has 0 saturated carbocycles. The third-order valence-corrected chi connectivity index (χ3v) is 4.45. The van der Waals surface area contributed by atoms with Crippen molar-refractivity contribution in [1.29, 1.82) is 0 Å². The second-order valence-corrected chi connectivity index (χ2v) is 5.99. The van der Waals surface area contributed by atoms with E-state index in [2.05, 4.69) is 4.90 Å². The minimum atomic E-state index is 0.407. The predicted octanol–water partition coefficient (Wildman–Crippen LogP) is 3.49. The second-order valence-electron chi connectivity index (χ2n) is 4.70. The molecule has 2 N–H and O–H groups in total. The molecular formula is C13H16Cl2N2S. The van der Waals surface area contributed by atoms with E-state index in [-0.39, 0.29) is 0 Å². The molecule has 1 aliphatic heterocycles. The fraction of sp³-hybridized carbons (Fsp3) is 0.462. The lowest BCUT2D eigenvalue weighted by Gasteiger charge is -2.31. The lowest BCUT2D eigenvalue weighted by molar-refractivity contribution is 0.202. The molecule has 1 aromatic rings. The van der Waals surface area contributed by atoms with Crippen molar-refractivity contribution < 1.29 is 0 Å². The topological polar surface area (TPSA) is 29.3 Å². The Labute approximate surface area is 123 Å². The molecule has 1 heterocycles. The first kappa shape index (κ1) is 14.1. The molecule has 0 spiro atoms. The molecule has 5 heteroatoms. The Morgan fingerprint density at radius 2 is 1.94 bits per heavy atom. The number of thiocarbonyl (C=S) groups is 1. The SMILES string of the molecule is NC(=S)C1CCN(Cc2ccc(Cl)c(Cl)c2)CC1. The summed E-state index contributed by atoms with van der Waals surface area (Å²) in [5.41, 5.74) is 6.88. The van der Waals surface area contributed by atoms with Crippen LogP contribution >= 0.6 is 35.4 Å². The molecule has 0 unspecified atom stereocenters. The maximum Gasteiger partial charge on any atom is 0.0759 e. The molecule has 0 aliphatic carbocycles. The standard InChI is InChI=1S/C13H16Cl2N2S/c14-11-2-1-9(7-12(11)15)8-17-5-3-10(4-6-17)13(16)18/h1-2,7,10H,3-6,8H2,(H2,16,18). The Balaban J connectivity index is 1.91. The zero-order valence-corrected chi connectivity index (χ0v) is 12.4. The van der Waals surface area contributed by atoms with Gasteiger partial charge in [-0.15, -0.1) is 0 Å². The summed E-state index contributed by atoms with van der Waals surface area (Å²) >= 11 is 17.0. The van der Waals surface area contributed by atoms with E-state index in [1.54, 1.807) is 0 Å². The molecule has 0 bridgehead atoms. The van der Waals surface area contributed by atoms with Crippen molar-refractivity contribution in [3.05, 3.63) is 33.8 Å². The van der Waals surface area contributed by atoms with E-state index in [4.69, 9.17) is 41.2 Å². The molecule has 1 aromatic carbocycles. The first-order chi connectivity index (χ1) is 8.56. The molecule has 2 rings (SSSR count). The number of benzene rings is 1. The monoisotopic (exact) mass is 302 g/mol. The average Bonchev–Trinajstić information content (AvgIpc) is 2.34. The number of likely N-dealkylation sites (tertiary alicyclic amines) is 1. The van der Waals surface area contributed by atoms with Crippen LogP contribution in [-0.4, -0.2) is 23.0 Å². The van der Waals surface area contributed by atoms with Crippen LogP contribution in [0.1, 0.15) is 18.4 Å². The third kappa shape index (κ3) is 3.58. The zero-order valence-electron chi connectivity index (χ0n) is 10.0. The summed E-state index contributed by atoms with van der Waals surface area (Å²) in [4.78, 5) is 3.05. The fourth-order valence-electron chi connectivity index (χ4n) is 2.27. The Kier molecular flexibility index (Phi) is 4.84. The number of piperidine rings is 1. The van der Waals surface area contributed by atoms with Crippen LogP contribution in [-0.2, 0) is 6.54 Å². The lowest BCUT2D eigenvalue weighted by Crippen LogP contribution is -2.37. The van der Waals surface area contributed by atoms with Crippen molar-refractivity contribution in [2.75, 3.05) is 13.1 Å². The van der Waals surface area contributed by atoms with Crippen LogP contribution in [0.4, 0.5) is 0 Å². The molecule has 18 heavy (non-hydrogen) atoms. The summed E-state index contributed by atoms with van der Waals surface area (Å²) in [5.74, 6) is 0.407. The van der Waals surface area contributed by atoms with Gasteiger partial charge in [0.15, 0.2) is 0 Å². The minimum Gasteiger partial charge on any atom is -0.393 e. The predicted molar refractivity (Wildman–Crippen MR) is 81.2 cm³/mol. The van der Waals surface area contributed by atoms with Crippen molar-refractivity contribution >= 4 is 40.4 Å². The van der Waals surface area contributed by atoms with Gasteiger partial charge in [0.2, 0.25) is 0 Å². The van der Waals surface area contributed by atoms with E-state index in [9.17, 15) is 0 Å². The van der Waals surface area contributed by atoms with Gasteiger partial charge in [-0.3, -0.25) is 4.90 Å². The quantitative estimate of drug-likeness (QED) is 0.867. The maximum atomic E-state index is 6.01. The van der Waals surface area contributed by atoms with Crippen LogP contribution in [0.15, 0.2) is 18.2 Å². The van der Waals surface area contributed by atoms with Gasteiger partial charge in [0, 0.05) is 12.5 Å². The Bertz CT molecular complexity index is 443. The summed E-state index contributed by atoms with van der Waals surface area (Å²) in [5, 5.41) is 1.22. The van der Waals surface area contributed by atoms with Crippen molar-refractivity contribution in [2.24, 2.45) is 11.7 Å². The van der Waals surface area contributed by atoms with Crippen molar-refractivity contribution in [3.8, 4) is 0 Å². The molecule has 1 saturated heterocycles. The van der Waals surface area contributed by atoms with Crippen LogP contribution in [0, 0.1) is 5.92 Å². The van der Waals surface area contributed by atoms with Gasteiger partial charge < -0.3 is 5.73 Å². The maximum absolute atomic E-state index is 6.01. The van der Waals surface area contributed by atoms with E-state index in [1.807, 2.05) is 18.2 Å². The van der Waals surface area contributed by atoms with Gasteiger partial charge >= 0.3 is 0 Å². The summed E-state index contributed by atoms with van der Waals surface area (Å²) in [6.45, 7) is 2.96. The van der Waals surface area contributed by atoms with Crippen LogP contribution in [0.25, 0.3) is 0 Å². The number of nitrogens with zero attached hydrogens (tertiary/aromatic N) is 1. The highest BCUT2D eigenvalue weighted by Gasteiger charge is 2.20. The van der Waals surface area contributed by atoms with E-state index in [0.717, 1.165) is 32.5 Å². The summed E-state index contributed by atoms with van der Waals surface area (Å²) < 4.78 is 0.